The lowest BCUT2D eigenvalue weighted by atomic mass is 10.2. The average molecular weight is 242 g/mol. The molecule has 0 aliphatic heterocycles. The van der Waals surface area contributed by atoms with Gasteiger partial charge < -0.3 is 4.42 Å². The van der Waals surface area contributed by atoms with Gasteiger partial charge >= 0.3 is 0 Å². The molecule has 1 aromatic heterocycles. The SMILES string of the molecule is C/C(=N/NC(=O)C1CC1)c1cc2ccccc2o1. The Kier molecular flexibility index (Phi) is 2.63. The van der Waals surface area contributed by atoms with Gasteiger partial charge in [-0.1, -0.05) is 18.2 Å². The highest BCUT2D eigenvalue weighted by Crippen LogP contribution is 2.28. The van der Waals surface area contributed by atoms with Gasteiger partial charge in [-0.3, -0.25) is 4.79 Å². The molecule has 1 heterocycles. The second kappa shape index (κ2) is 4.29. The molecule has 92 valence electrons. The van der Waals surface area contributed by atoms with Crippen molar-refractivity contribution in [2.45, 2.75) is 19.8 Å². The number of nitrogens with zero attached hydrogens (tertiary/aromatic N) is 1. The maximum atomic E-state index is 11.5. The van der Waals surface area contributed by atoms with Crippen LogP contribution in [0, 0.1) is 5.92 Å². The van der Waals surface area contributed by atoms with Crippen molar-refractivity contribution in [3.8, 4) is 0 Å². The number of carbonyl (C=O) groups is 1. The minimum atomic E-state index is 0.00506. The molecule has 4 heteroatoms. The first-order valence-electron chi connectivity index (χ1n) is 6.07. The first-order valence-corrected chi connectivity index (χ1v) is 6.07. The lowest BCUT2D eigenvalue weighted by Crippen LogP contribution is -2.20. The monoisotopic (exact) mass is 242 g/mol. The molecule has 2 aromatic rings. The van der Waals surface area contributed by atoms with E-state index in [1.165, 1.54) is 0 Å². The molecular weight excluding hydrogens is 228 g/mol. The largest absolute Gasteiger partial charge is 0.455 e. The summed E-state index contributed by atoms with van der Waals surface area (Å²) in [5.74, 6) is 0.856. The lowest BCUT2D eigenvalue weighted by Gasteiger charge is -1.98. The van der Waals surface area contributed by atoms with Crippen LogP contribution in [-0.2, 0) is 4.79 Å². The summed E-state index contributed by atoms with van der Waals surface area (Å²) in [6.07, 6.45) is 1.95. The van der Waals surface area contributed by atoms with Gasteiger partial charge in [0.15, 0.2) is 5.76 Å². The third-order valence-electron chi connectivity index (χ3n) is 3.06. The standard InChI is InChI=1S/C14H14N2O2/c1-9(15-16-14(17)10-6-7-10)13-8-11-4-2-3-5-12(11)18-13/h2-5,8,10H,6-7H2,1H3,(H,16,17)/b15-9-. The van der Waals surface area contributed by atoms with E-state index in [2.05, 4.69) is 10.5 Å². The highest BCUT2D eigenvalue weighted by molar-refractivity contribution is 6.00. The van der Waals surface area contributed by atoms with Crippen molar-refractivity contribution in [2.75, 3.05) is 0 Å². The Morgan fingerprint density at radius 2 is 2.17 bits per heavy atom. The number of nitrogens with one attached hydrogen (secondary N) is 1. The molecule has 1 aliphatic carbocycles. The van der Waals surface area contributed by atoms with Crippen molar-refractivity contribution in [3.63, 3.8) is 0 Å². The van der Waals surface area contributed by atoms with Gasteiger partial charge in [0.25, 0.3) is 0 Å². The zero-order valence-corrected chi connectivity index (χ0v) is 10.1. The van der Waals surface area contributed by atoms with Gasteiger partial charge in [-0.05, 0) is 31.9 Å². The number of hydrogen-bond acceptors (Lipinski definition) is 3. The molecule has 1 amide bonds. The molecule has 1 aliphatic rings. The van der Waals surface area contributed by atoms with E-state index < -0.39 is 0 Å². The van der Waals surface area contributed by atoms with Crippen molar-refractivity contribution in [2.24, 2.45) is 11.0 Å². The van der Waals surface area contributed by atoms with E-state index in [0.29, 0.717) is 11.5 Å². The third kappa shape index (κ3) is 2.14. The van der Waals surface area contributed by atoms with Crippen molar-refractivity contribution >= 4 is 22.6 Å². The molecule has 4 nitrogen and oxygen atoms in total. The molecule has 3 rings (SSSR count). The Balaban J connectivity index is 1.79. The van der Waals surface area contributed by atoms with E-state index in [-0.39, 0.29) is 11.8 Å². The predicted molar refractivity (Wildman–Crippen MR) is 69.3 cm³/mol. The first kappa shape index (κ1) is 11.0. The highest BCUT2D eigenvalue weighted by atomic mass is 16.3. The molecule has 0 unspecified atom stereocenters. The van der Waals surface area contributed by atoms with Crippen LogP contribution < -0.4 is 5.43 Å². The van der Waals surface area contributed by atoms with Crippen molar-refractivity contribution < 1.29 is 9.21 Å². The topological polar surface area (TPSA) is 54.6 Å². The van der Waals surface area contributed by atoms with Crippen LogP contribution in [0.5, 0.6) is 0 Å². The summed E-state index contributed by atoms with van der Waals surface area (Å²) in [5, 5.41) is 5.11. The summed E-state index contributed by atoms with van der Waals surface area (Å²) in [6.45, 7) is 1.82. The number of benzene rings is 1. The smallest absolute Gasteiger partial charge is 0.243 e. The summed E-state index contributed by atoms with van der Waals surface area (Å²) in [4.78, 5) is 11.5. The summed E-state index contributed by atoms with van der Waals surface area (Å²) in [6, 6.07) is 9.71. The fourth-order valence-corrected chi connectivity index (χ4v) is 1.79. The third-order valence-corrected chi connectivity index (χ3v) is 3.06. The summed E-state index contributed by atoms with van der Waals surface area (Å²) >= 11 is 0. The molecule has 18 heavy (non-hydrogen) atoms. The second-order valence-electron chi connectivity index (χ2n) is 4.60. The second-order valence-corrected chi connectivity index (χ2v) is 4.60. The van der Waals surface area contributed by atoms with Gasteiger partial charge in [-0.15, -0.1) is 0 Å². The van der Waals surface area contributed by atoms with Gasteiger partial charge in [-0.25, -0.2) is 5.43 Å². The molecule has 0 radical (unpaired) electrons. The number of hydrazone groups is 1. The van der Waals surface area contributed by atoms with E-state index in [9.17, 15) is 4.79 Å². The maximum Gasteiger partial charge on any atom is 0.243 e. The average Bonchev–Trinajstić information content (AvgIpc) is 3.14. The van der Waals surface area contributed by atoms with Crippen LogP contribution in [-0.4, -0.2) is 11.6 Å². The van der Waals surface area contributed by atoms with Crippen molar-refractivity contribution in [1.82, 2.24) is 5.43 Å². The fourth-order valence-electron chi connectivity index (χ4n) is 1.79. The molecule has 0 spiro atoms. The molecular formula is C14H14N2O2. The number of hydrogen-bond donors (Lipinski definition) is 1. The number of para-hydroxylation sites is 1. The maximum absolute atomic E-state index is 11.5. The minimum absolute atomic E-state index is 0.00506. The Hall–Kier alpha value is -2.10. The number of fused-ring (bicyclic) bond motifs is 1. The Morgan fingerprint density at radius 3 is 2.89 bits per heavy atom. The molecule has 0 saturated heterocycles. The van der Waals surface area contributed by atoms with E-state index in [1.807, 2.05) is 37.3 Å². The molecule has 1 saturated carbocycles. The highest BCUT2D eigenvalue weighted by Gasteiger charge is 2.29. The summed E-state index contributed by atoms with van der Waals surface area (Å²) in [5.41, 5.74) is 4.09. The van der Waals surface area contributed by atoms with Gasteiger partial charge in [0.05, 0.1) is 0 Å². The zero-order chi connectivity index (χ0) is 12.5. The van der Waals surface area contributed by atoms with Crippen LogP contribution in [0.25, 0.3) is 11.0 Å². The Morgan fingerprint density at radius 1 is 1.39 bits per heavy atom. The van der Waals surface area contributed by atoms with Crippen LogP contribution >= 0.6 is 0 Å². The van der Waals surface area contributed by atoms with Crippen molar-refractivity contribution in [3.05, 3.63) is 36.1 Å². The molecule has 0 atom stereocenters. The number of rotatable bonds is 3. The van der Waals surface area contributed by atoms with E-state index in [1.54, 1.807) is 0 Å². The van der Waals surface area contributed by atoms with Crippen LogP contribution in [0.4, 0.5) is 0 Å². The number of amides is 1. The number of carbonyl (C=O) groups excluding carboxylic acids is 1. The first-order chi connectivity index (χ1) is 8.74. The predicted octanol–water partition coefficient (Wildman–Crippen LogP) is 2.68. The molecule has 1 aromatic carbocycles. The molecule has 0 bridgehead atoms. The van der Waals surface area contributed by atoms with Crippen LogP contribution in [0.3, 0.4) is 0 Å². The van der Waals surface area contributed by atoms with Gasteiger partial charge in [0.2, 0.25) is 5.91 Å². The van der Waals surface area contributed by atoms with Crippen LogP contribution in [0.1, 0.15) is 25.5 Å². The normalized spacial score (nSPS) is 15.9. The number of furan rings is 1. The fraction of sp³-hybridized carbons (Fsp3) is 0.286. The lowest BCUT2D eigenvalue weighted by molar-refractivity contribution is -0.122. The minimum Gasteiger partial charge on any atom is -0.455 e. The zero-order valence-electron chi connectivity index (χ0n) is 10.1. The molecule has 1 fully saturated rings. The Labute approximate surface area is 105 Å². The summed E-state index contributed by atoms with van der Waals surface area (Å²) in [7, 11) is 0. The van der Waals surface area contributed by atoms with Gasteiger partial charge in [0, 0.05) is 11.3 Å². The Bertz CT molecular complexity index is 591. The van der Waals surface area contributed by atoms with Crippen LogP contribution in [0.15, 0.2) is 39.9 Å². The van der Waals surface area contributed by atoms with E-state index in [4.69, 9.17) is 4.42 Å². The van der Waals surface area contributed by atoms with Gasteiger partial charge in [0.1, 0.15) is 11.3 Å². The summed E-state index contributed by atoms with van der Waals surface area (Å²) < 4.78 is 5.66. The van der Waals surface area contributed by atoms with Crippen molar-refractivity contribution in [1.29, 1.82) is 0 Å². The van der Waals surface area contributed by atoms with E-state index in [0.717, 1.165) is 23.8 Å². The quantitative estimate of drug-likeness (QED) is 0.664. The van der Waals surface area contributed by atoms with E-state index >= 15 is 0 Å². The van der Waals surface area contributed by atoms with Gasteiger partial charge in [-0.2, -0.15) is 5.10 Å². The van der Waals surface area contributed by atoms with Crippen LogP contribution in [0.2, 0.25) is 0 Å². The molecule has 1 N–H and O–H groups in total.